The molecule has 3 heteroatoms. The zero-order valence-corrected chi connectivity index (χ0v) is 5.00. The molecule has 0 N–H and O–H groups in total. The largest absolute Gasteiger partial charge is 0.451 e. The molecule has 0 aliphatic rings. The Bertz CT molecular complexity index is 181. The molecule has 1 radical (unpaired) electrons. The molecule has 0 aromatic carbocycles. The Labute approximate surface area is 52.7 Å². The van der Waals surface area contributed by atoms with Crippen LogP contribution in [0.15, 0.2) is 17.1 Å². The molecule has 1 atom stereocenters. The summed E-state index contributed by atoms with van der Waals surface area (Å²) in [6, 6.07) is 0. The summed E-state index contributed by atoms with van der Waals surface area (Å²) in [5.41, 5.74) is 0.630. The van der Waals surface area contributed by atoms with Gasteiger partial charge < -0.3 is 4.42 Å². The van der Waals surface area contributed by atoms with Crippen molar-refractivity contribution in [1.29, 1.82) is 0 Å². The third-order valence-electron chi connectivity index (χ3n) is 1.07. The van der Waals surface area contributed by atoms with E-state index in [4.69, 9.17) is 0 Å². The Hall–Kier alpha value is -1.12. The van der Waals surface area contributed by atoms with E-state index in [2.05, 4.69) is 9.40 Å². The van der Waals surface area contributed by atoms with E-state index < -0.39 is 0 Å². The van der Waals surface area contributed by atoms with Crippen LogP contribution in [0.2, 0.25) is 0 Å². The molecule has 1 aromatic rings. The first kappa shape index (κ1) is 6.01. The van der Waals surface area contributed by atoms with Gasteiger partial charge in [-0.2, -0.15) is 0 Å². The van der Waals surface area contributed by atoms with Gasteiger partial charge in [0.25, 0.3) is 0 Å². The minimum absolute atomic E-state index is 0.274. The second-order valence-corrected chi connectivity index (χ2v) is 1.75. The van der Waals surface area contributed by atoms with Crippen LogP contribution in [0.3, 0.4) is 0 Å². The highest BCUT2D eigenvalue weighted by molar-refractivity contribution is 5.60. The fraction of sp³-hybridized carbons (Fsp3) is 0.333. The van der Waals surface area contributed by atoms with E-state index in [-0.39, 0.29) is 5.92 Å². The molecule has 0 saturated carbocycles. The van der Waals surface area contributed by atoms with Gasteiger partial charge in [0, 0.05) is 0 Å². The fourth-order valence-electron chi connectivity index (χ4n) is 0.496. The summed E-state index contributed by atoms with van der Waals surface area (Å²) in [6.07, 6.45) is 4.53. The first-order valence-electron chi connectivity index (χ1n) is 2.60. The fourth-order valence-corrected chi connectivity index (χ4v) is 0.496. The molecule has 0 aliphatic carbocycles. The average Bonchev–Trinajstić information content (AvgIpc) is 2.37. The summed E-state index contributed by atoms with van der Waals surface area (Å²) in [7, 11) is 0. The molecular weight excluding hydrogens is 118 g/mol. The lowest BCUT2D eigenvalue weighted by Gasteiger charge is -1.90. The predicted octanol–water partition coefficient (Wildman–Crippen LogP) is 0.888. The molecule has 3 nitrogen and oxygen atoms in total. The van der Waals surface area contributed by atoms with E-state index >= 15 is 0 Å². The number of hydrogen-bond donors (Lipinski definition) is 0. The van der Waals surface area contributed by atoms with Crippen LogP contribution in [0.5, 0.6) is 0 Å². The molecule has 47 valence electrons. The molecular formula is C6H6NO2. The summed E-state index contributed by atoms with van der Waals surface area (Å²) < 4.78 is 4.65. The summed E-state index contributed by atoms with van der Waals surface area (Å²) in [5.74, 6) is -0.274. The highest BCUT2D eigenvalue weighted by Gasteiger charge is 2.05. The summed E-state index contributed by atoms with van der Waals surface area (Å²) in [6.45, 7) is 1.71. The van der Waals surface area contributed by atoms with E-state index in [1.165, 1.54) is 12.7 Å². The normalized spacial score (nSPS) is 13.0. The summed E-state index contributed by atoms with van der Waals surface area (Å²) >= 11 is 0. The van der Waals surface area contributed by atoms with Crippen molar-refractivity contribution in [1.82, 2.24) is 4.98 Å². The van der Waals surface area contributed by atoms with Crippen molar-refractivity contribution in [2.75, 3.05) is 0 Å². The van der Waals surface area contributed by atoms with Crippen LogP contribution in [0.4, 0.5) is 0 Å². The lowest BCUT2D eigenvalue weighted by molar-refractivity contribution is 0.542. The minimum Gasteiger partial charge on any atom is -0.451 e. The third-order valence-corrected chi connectivity index (χ3v) is 1.07. The molecule has 1 aromatic heterocycles. The van der Waals surface area contributed by atoms with Crippen LogP contribution in [0.25, 0.3) is 0 Å². The number of aromatic nitrogens is 1. The standard InChI is InChI=1S/C6H6NO2/c1-5(2-8)6-3-9-4-7-6/h3-5H,1H3. The van der Waals surface area contributed by atoms with Gasteiger partial charge in [-0.05, 0) is 6.92 Å². The van der Waals surface area contributed by atoms with Gasteiger partial charge in [-0.3, -0.25) is 4.79 Å². The van der Waals surface area contributed by atoms with Gasteiger partial charge in [-0.15, -0.1) is 0 Å². The summed E-state index contributed by atoms with van der Waals surface area (Å²) in [5, 5.41) is 0. The third kappa shape index (κ3) is 1.16. The van der Waals surface area contributed by atoms with E-state index in [1.807, 2.05) is 0 Å². The zero-order valence-electron chi connectivity index (χ0n) is 5.00. The van der Waals surface area contributed by atoms with Crippen LogP contribution in [0.1, 0.15) is 18.5 Å². The average molecular weight is 124 g/mol. The molecule has 0 saturated heterocycles. The number of rotatable bonds is 2. The van der Waals surface area contributed by atoms with Gasteiger partial charge in [0.2, 0.25) is 6.29 Å². The first-order chi connectivity index (χ1) is 4.34. The maximum atomic E-state index is 10.00. The molecule has 0 amide bonds. The Morgan fingerprint density at radius 3 is 3.11 bits per heavy atom. The topological polar surface area (TPSA) is 43.1 Å². The van der Waals surface area contributed by atoms with Gasteiger partial charge >= 0.3 is 0 Å². The van der Waals surface area contributed by atoms with Crippen molar-refractivity contribution < 1.29 is 9.21 Å². The Kier molecular flexibility index (Phi) is 1.63. The lowest BCUT2D eigenvalue weighted by Crippen LogP contribution is -1.92. The van der Waals surface area contributed by atoms with Crippen molar-refractivity contribution in [2.24, 2.45) is 0 Å². The Morgan fingerprint density at radius 2 is 2.67 bits per heavy atom. The lowest BCUT2D eigenvalue weighted by atomic mass is 10.1. The van der Waals surface area contributed by atoms with Crippen molar-refractivity contribution in [3.8, 4) is 0 Å². The van der Waals surface area contributed by atoms with Crippen LogP contribution in [-0.2, 0) is 4.79 Å². The quantitative estimate of drug-likeness (QED) is 0.588. The molecule has 0 aliphatic heterocycles. The van der Waals surface area contributed by atoms with Crippen LogP contribution in [0, 0.1) is 0 Å². The van der Waals surface area contributed by atoms with Crippen LogP contribution < -0.4 is 0 Å². The minimum atomic E-state index is -0.274. The van der Waals surface area contributed by atoms with Crippen molar-refractivity contribution >= 4 is 6.29 Å². The summed E-state index contributed by atoms with van der Waals surface area (Å²) in [4.78, 5) is 13.8. The number of carbonyl (C=O) groups excluding carboxylic acids is 1. The molecule has 0 fully saturated rings. The van der Waals surface area contributed by atoms with Crippen LogP contribution in [-0.4, -0.2) is 11.3 Å². The highest BCUT2D eigenvalue weighted by atomic mass is 16.3. The predicted molar refractivity (Wildman–Crippen MR) is 30.6 cm³/mol. The van der Waals surface area contributed by atoms with Gasteiger partial charge in [0.15, 0.2) is 6.39 Å². The van der Waals surface area contributed by atoms with E-state index in [1.54, 1.807) is 13.2 Å². The van der Waals surface area contributed by atoms with E-state index in [0.29, 0.717) is 5.69 Å². The van der Waals surface area contributed by atoms with E-state index in [0.717, 1.165) is 0 Å². The molecule has 0 spiro atoms. The molecule has 1 heterocycles. The number of oxazole rings is 1. The zero-order chi connectivity index (χ0) is 6.69. The second kappa shape index (κ2) is 2.44. The monoisotopic (exact) mass is 124 g/mol. The van der Waals surface area contributed by atoms with Crippen molar-refractivity contribution in [3.05, 3.63) is 18.4 Å². The SMILES string of the molecule is CC([C]=O)c1cocn1. The molecule has 1 unspecified atom stereocenters. The molecule has 1 rings (SSSR count). The second-order valence-electron chi connectivity index (χ2n) is 1.75. The Balaban J connectivity index is 2.76. The molecule has 9 heavy (non-hydrogen) atoms. The smallest absolute Gasteiger partial charge is 0.207 e. The van der Waals surface area contributed by atoms with Gasteiger partial charge in [-0.1, -0.05) is 0 Å². The Morgan fingerprint density at radius 1 is 1.89 bits per heavy atom. The van der Waals surface area contributed by atoms with Gasteiger partial charge in [-0.25, -0.2) is 4.98 Å². The maximum absolute atomic E-state index is 10.00. The van der Waals surface area contributed by atoms with Crippen molar-refractivity contribution in [2.45, 2.75) is 12.8 Å². The van der Waals surface area contributed by atoms with Crippen LogP contribution >= 0.6 is 0 Å². The van der Waals surface area contributed by atoms with Crippen molar-refractivity contribution in [3.63, 3.8) is 0 Å². The maximum Gasteiger partial charge on any atom is 0.207 e. The number of hydrogen-bond acceptors (Lipinski definition) is 3. The number of nitrogens with zero attached hydrogens (tertiary/aromatic N) is 1. The first-order valence-corrected chi connectivity index (χ1v) is 2.60. The molecule has 0 bridgehead atoms. The van der Waals surface area contributed by atoms with Gasteiger partial charge in [0.05, 0.1) is 11.6 Å². The van der Waals surface area contributed by atoms with E-state index in [9.17, 15) is 4.79 Å². The van der Waals surface area contributed by atoms with Gasteiger partial charge in [0.1, 0.15) is 6.26 Å². The highest BCUT2D eigenvalue weighted by Crippen LogP contribution is 2.07.